The second-order valence-corrected chi connectivity index (χ2v) is 7.58. The average Bonchev–Trinajstić information content (AvgIpc) is 3.15. The molecule has 0 radical (unpaired) electrons. The van der Waals surface area contributed by atoms with Crippen LogP contribution in [0, 0.1) is 5.82 Å². The van der Waals surface area contributed by atoms with Gasteiger partial charge in [0.15, 0.2) is 11.6 Å². The molecule has 3 rings (SSSR count). The molecule has 0 saturated heterocycles. The number of fused-ring (bicyclic) bond motifs is 1. The van der Waals surface area contributed by atoms with Gasteiger partial charge >= 0.3 is 0 Å². The molecule has 1 unspecified atom stereocenters. The number of thiophene rings is 1. The number of carbonyl (C=O) groups excluding carboxylic acids is 2. The van der Waals surface area contributed by atoms with E-state index < -0.39 is 5.82 Å². The monoisotopic (exact) mass is 402 g/mol. The summed E-state index contributed by atoms with van der Waals surface area (Å²) in [4.78, 5) is 29.2. The van der Waals surface area contributed by atoms with Crippen LogP contribution in [-0.2, 0) is 16.0 Å². The fourth-order valence-corrected chi connectivity index (χ4v) is 4.25. The van der Waals surface area contributed by atoms with Gasteiger partial charge in [-0.15, -0.1) is 17.9 Å². The Balaban J connectivity index is 1.78. The van der Waals surface area contributed by atoms with E-state index in [9.17, 15) is 14.0 Å². The molecule has 2 aromatic rings. The molecular weight excluding hydrogens is 379 g/mol. The number of hydrogen-bond donors (Lipinski definition) is 0. The maximum absolute atomic E-state index is 13.9. The molecule has 7 heteroatoms. The third-order valence-electron chi connectivity index (χ3n) is 4.77. The van der Waals surface area contributed by atoms with Crippen LogP contribution in [0.1, 0.15) is 23.4 Å². The van der Waals surface area contributed by atoms with Crippen molar-refractivity contribution in [2.75, 3.05) is 26.2 Å². The molecule has 2 heterocycles. The van der Waals surface area contributed by atoms with Crippen molar-refractivity contribution in [3.63, 3.8) is 0 Å². The minimum atomic E-state index is -0.435. The lowest BCUT2D eigenvalue weighted by Crippen LogP contribution is -2.47. The number of para-hydroxylation sites is 1. The summed E-state index contributed by atoms with van der Waals surface area (Å²) >= 11 is 1.65. The summed E-state index contributed by atoms with van der Waals surface area (Å²) in [5, 5.41) is 1.99. The first kappa shape index (κ1) is 20.1. The zero-order valence-electron chi connectivity index (χ0n) is 15.8. The minimum absolute atomic E-state index is 0.0168. The molecule has 1 aliphatic rings. The molecule has 0 saturated carbocycles. The molecule has 0 fully saturated rings. The standard InChI is InChI=1S/C21H23FN2O3S/c1-3-10-23(15(2)25)13-21(26)24-11-8-20-16(9-12-28-20)18(24)14-27-19-7-5-4-6-17(19)22/h3-7,9,12,18H,1,8,10-11,13-14H2,2H3. The van der Waals surface area contributed by atoms with Crippen molar-refractivity contribution in [1.82, 2.24) is 9.80 Å². The molecule has 0 aliphatic carbocycles. The average molecular weight is 402 g/mol. The molecular formula is C21H23FN2O3S. The smallest absolute Gasteiger partial charge is 0.242 e. The Labute approximate surface area is 168 Å². The first-order valence-corrected chi connectivity index (χ1v) is 9.98. The quantitative estimate of drug-likeness (QED) is 0.667. The number of nitrogens with zero attached hydrogens (tertiary/aromatic N) is 2. The molecule has 148 valence electrons. The first-order chi connectivity index (χ1) is 13.5. The minimum Gasteiger partial charge on any atom is -0.488 e. The van der Waals surface area contributed by atoms with Crippen LogP contribution in [0.3, 0.4) is 0 Å². The van der Waals surface area contributed by atoms with Crippen molar-refractivity contribution in [1.29, 1.82) is 0 Å². The number of halogens is 1. The molecule has 0 spiro atoms. The van der Waals surface area contributed by atoms with Crippen LogP contribution in [0.5, 0.6) is 5.75 Å². The van der Waals surface area contributed by atoms with E-state index in [1.54, 1.807) is 40.5 Å². The van der Waals surface area contributed by atoms with Gasteiger partial charge in [-0.25, -0.2) is 4.39 Å². The fraction of sp³-hybridized carbons (Fsp3) is 0.333. The highest BCUT2D eigenvalue weighted by Crippen LogP contribution is 2.34. The number of ether oxygens (including phenoxy) is 1. The third-order valence-corrected chi connectivity index (χ3v) is 5.77. The Morgan fingerprint density at radius 3 is 2.89 bits per heavy atom. The summed E-state index contributed by atoms with van der Waals surface area (Å²) in [6, 6.07) is 7.89. The van der Waals surface area contributed by atoms with E-state index in [0.717, 1.165) is 12.0 Å². The maximum atomic E-state index is 13.9. The summed E-state index contributed by atoms with van der Waals surface area (Å²) in [7, 11) is 0. The predicted octanol–water partition coefficient (Wildman–Crippen LogP) is 3.43. The topological polar surface area (TPSA) is 49.9 Å². The van der Waals surface area contributed by atoms with Crippen molar-refractivity contribution in [3.8, 4) is 5.75 Å². The van der Waals surface area contributed by atoms with E-state index in [0.29, 0.717) is 13.1 Å². The molecule has 0 N–H and O–H groups in total. The third kappa shape index (κ3) is 4.42. The predicted molar refractivity (Wildman–Crippen MR) is 107 cm³/mol. The van der Waals surface area contributed by atoms with Crippen molar-refractivity contribution in [2.24, 2.45) is 0 Å². The van der Waals surface area contributed by atoms with E-state index in [1.807, 2.05) is 11.4 Å². The number of benzene rings is 1. The number of hydrogen-bond acceptors (Lipinski definition) is 4. The van der Waals surface area contributed by atoms with Gasteiger partial charge in [-0.2, -0.15) is 0 Å². The van der Waals surface area contributed by atoms with Crippen LogP contribution in [0.4, 0.5) is 4.39 Å². The Bertz CT molecular complexity index is 867. The van der Waals surface area contributed by atoms with Crippen LogP contribution >= 0.6 is 11.3 Å². The lowest BCUT2D eigenvalue weighted by molar-refractivity contribution is -0.141. The largest absolute Gasteiger partial charge is 0.488 e. The molecule has 1 aromatic heterocycles. The summed E-state index contributed by atoms with van der Waals surface area (Å²) in [5.41, 5.74) is 1.03. The molecule has 1 aromatic carbocycles. The lowest BCUT2D eigenvalue weighted by Gasteiger charge is -2.37. The highest BCUT2D eigenvalue weighted by Gasteiger charge is 2.33. The van der Waals surface area contributed by atoms with Crippen molar-refractivity contribution in [2.45, 2.75) is 19.4 Å². The maximum Gasteiger partial charge on any atom is 0.242 e. The fourth-order valence-electron chi connectivity index (χ4n) is 3.32. The second kappa shape index (κ2) is 9.01. The number of amides is 2. The Morgan fingerprint density at radius 2 is 2.18 bits per heavy atom. The van der Waals surface area contributed by atoms with Gasteiger partial charge in [0.2, 0.25) is 11.8 Å². The van der Waals surface area contributed by atoms with Gasteiger partial charge in [-0.3, -0.25) is 9.59 Å². The van der Waals surface area contributed by atoms with Crippen molar-refractivity contribution >= 4 is 23.2 Å². The van der Waals surface area contributed by atoms with E-state index in [-0.39, 0.29) is 36.8 Å². The number of rotatable bonds is 7. The van der Waals surface area contributed by atoms with Crippen LogP contribution in [-0.4, -0.2) is 47.9 Å². The van der Waals surface area contributed by atoms with Crippen LogP contribution in [0.15, 0.2) is 48.4 Å². The van der Waals surface area contributed by atoms with Gasteiger partial charge in [-0.1, -0.05) is 18.2 Å². The summed E-state index contributed by atoms with van der Waals surface area (Å²) in [5.74, 6) is -0.610. The normalized spacial score (nSPS) is 15.6. The van der Waals surface area contributed by atoms with Gasteiger partial charge in [-0.05, 0) is 35.6 Å². The molecule has 1 aliphatic heterocycles. The van der Waals surface area contributed by atoms with E-state index in [1.165, 1.54) is 22.8 Å². The van der Waals surface area contributed by atoms with Gasteiger partial charge in [0.25, 0.3) is 0 Å². The zero-order chi connectivity index (χ0) is 20.1. The van der Waals surface area contributed by atoms with E-state index in [4.69, 9.17) is 4.74 Å². The van der Waals surface area contributed by atoms with E-state index in [2.05, 4.69) is 6.58 Å². The lowest BCUT2D eigenvalue weighted by atomic mass is 10.0. The van der Waals surface area contributed by atoms with Gasteiger partial charge < -0.3 is 14.5 Å². The van der Waals surface area contributed by atoms with Gasteiger partial charge in [0.05, 0.1) is 6.04 Å². The highest BCUT2D eigenvalue weighted by molar-refractivity contribution is 7.10. The Kier molecular flexibility index (Phi) is 6.46. The molecule has 5 nitrogen and oxygen atoms in total. The zero-order valence-corrected chi connectivity index (χ0v) is 16.6. The Hall–Kier alpha value is -2.67. The SMILES string of the molecule is C=CCN(CC(=O)N1CCc2sccc2C1COc1ccccc1F)C(C)=O. The summed E-state index contributed by atoms with van der Waals surface area (Å²) < 4.78 is 19.6. The Morgan fingerprint density at radius 1 is 1.39 bits per heavy atom. The molecule has 1 atom stereocenters. The summed E-state index contributed by atoms with van der Waals surface area (Å²) in [6.45, 7) is 6.06. The van der Waals surface area contributed by atoms with Crippen molar-refractivity contribution < 1.29 is 18.7 Å². The molecule has 28 heavy (non-hydrogen) atoms. The highest BCUT2D eigenvalue weighted by atomic mass is 32.1. The molecule has 0 bridgehead atoms. The second-order valence-electron chi connectivity index (χ2n) is 6.58. The van der Waals surface area contributed by atoms with Gasteiger partial charge in [0.1, 0.15) is 13.2 Å². The van der Waals surface area contributed by atoms with Crippen LogP contribution in [0.2, 0.25) is 0 Å². The van der Waals surface area contributed by atoms with Gasteiger partial charge in [0, 0.05) is 24.9 Å². The first-order valence-electron chi connectivity index (χ1n) is 9.10. The number of carbonyl (C=O) groups is 2. The van der Waals surface area contributed by atoms with Crippen molar-refractivity contribution in [3.05, 3.63) is 64.6 Å². The van der Waals surface area contributed by atoms with E-state index >= 15 is 0 Å². The molecule has 2 amide bonds. The van der Waals surface area contributed by atoms with Crippen LogP contribution < -0.4 is 4.74 Å². The van der Waals surface area contributed by atoms with Crippen LogP contribution in [0.25, 0.3) is 0 Å². The summed E-state index contributed by atoms with van der Waals surface area (Å²) in [6.07, 6.45) is 2.36.